The highest BCUT2D eigenvalue weighted by molar-refractivity contribution is 9.10. The van der Waals surface area contributed by atoms with Crippen molar-refractivity contribution in [2.75, 3.05) is 12.0 Å². The van der Waals surface area contributed by atoms with E-state index in [1.165, 1.54) is 12.0 Å². The number of carbonyl (C=O) groups is 3. The van der Waals surface area contributed by atoms with E-state index in [9.17, 15) is 14.4 Å². The largest absolute Gasteiger partial charge is 0.496 e. The number of anilines is 1. The molecule has 6 nitrogen and oxygen atoms in total. The summed E-state index contributed by atoms with van der Waals surface area (Å²) in [6.45, 7) is 0. The lowest BCUT2D eigenvalue weighted by atomic mass is 9.86. The molecule has 0 bridgehead atoms. The van der Waals surface area contributed by atoms with Crippen molar-refractivity contribution in [3.05, 3.63) is 88.2 Å². The number of fused-ring (bicyclic) bond motifs is 1. The van der Waals surface area contributed by atoms with Crippen LogP contribution < -0.4 is 9.64 Å². The lowest BCUT2D eigenvalue weighted by Crippen LogP contribution is -2.67. The first-order chi connectivity index (χ1) is 17.1. The third kappa shape index (κ3) is 3.77. The molecule has 2 aliphatic heterocycles. The van der Waals surface area contributed by atoms with E-state index in [2.05, 4.69) is 31.9 Å². The molecule has 0 N–H and O–H groups in total. The quantitative estimate of drug-likeness (QED) is 0.122. The molecule has 0 aromatic heterocycles. The van der Waals surface area contributed by atoms with Gasteiger partial charge < -0.3 is 9.64 Å². The SMILES string of the molecule is COc1ccc([C@@H]2[C@H](N3C(=O)c4c(Cl)c(Cl)c(Cl)c(Cl)c4C3=O)C(=O)N2c2ccc(Br)cc2)cc1Br. The average molecular weight is 694 g/mol. The predicted octanol–water partition coefficient (Wildman–Crippen LogP) is 7.59. The summed E-state index contributed by atoms with van der Waals surface area (Å²) in [7, 11) is 1.53. The van der Waals surface area contributed by atoms with Gasteiger partial charge in [-0.25, -0.2) is 0 Å². The van der Waals surface area contributed by atoms with Gasteiger partial charge in [-0.1, -0.05) is 68.4 Å². The minimum absolute atomic E-state index is 0.142. The smallest absolute Gasteiger partial charge is 0.264 e. The maximum absolute atomic E-state index is 13.6. The Bertz CT molecular complexity index is 1440. The third-order valence-corrected chi connectivity index (χ3v) is 9.05. The molecule has 1 fully saturated rings. The van der Waals surface area contributed by atoms with Crippen LogP contribution in [-0.4, -0.2) is 35.8 Å². The fourth-order valence-electron chi connectivity index (χ4n) is 4.43. The first-order valence-electron chi connectivity index (χ1n) is 10.2. The van der Waals surface area contributed by atoms with E-state index >= 15 is 0 Å². The number of hydrogen-bond acceptors (Lipinski definition) is 4. The lowest BCUT2D eigenvalue weighted by Gasteiger charge is -2.49. The molecule has 3 aromatic carbocycles. The van der Waals surface area contributed by atoms with Crippen LogP contribution in [0.3, 0.4) is 0 Å². The average Bonchev–Trinajstić information content (AvgIpc) is 3.11. The minimum Gasteiger partial charge on any atom is -0.496 e. The number of rotatable bonds is 4. The van der Waals surface area contributed by atoms with Gasteiger partial charge in [0.1, 0.15) is 11.8 Å². The lowest BCUT2D eigenvalue weighted by molar-refractivity contribution is -0.130. The van der Waals surface area contributed by atoms with Gasteiger partial charge in [0.2, 0.25) is 0 Å². The van der Waals surface area contributed by atoms with Crippen molar-refractivity contribution in [3.63, 3.8) is 0 Å². The van der Waals surface area contributed by atoms with Crippen molar-refractivity contribution in [2.45, 2.75) is 12.1 Å². The highest BCUT2D eigenvalue weighted by atomic mass is 79.9. The van der Waals surface area contributed by atoms with Crippen molar-refractivity contribution in [1.29, 1.82) is 0 Å². The zero-order valence-electron chi connectivity index (χ0n) is 18.0. The van der Waals surface area contributed by atoms with Crippen LogP contribution in [0.1, 0.15) is 32.3 Å². The highest BCUT2D eigenvalue weighted by Gasteiger charge is 2.58. The summed E-state index contributed by atoms with van der Waals surface area (Å²) in [6, 6.07) is 10.5. The van der Waals surface area contributed by atoms with Gasteiger partial charge in [-0.05, 0) is 57.9 Å². The molecule has 2 atom stereocenters. The number of halogens is 6. The molecule has 2 heterocycles. The zero-order valence-corrected chi connectivity index (χ0v) is 24.2. The zero-order chi connectivity index (χ0) is 26.0. The number of carbonyl (C=O) groups excluding carboxylic acids is 3. The molecule has 0 spiro atoms. The van der Waals surface area contributed by atoms with Crippen LogP contribution in [0.2, 0.25) is 20.1 Å². The number of hydrogen-bond donors (Lipinski definition) is 0. The number of imide groups is 1. The first kappa shape index (κ1) is 25.8. The molecule has 12 heteroatoms. The van der Waals surface area contributed by atoms with Crippen LogP contribution >= 0.6 is 78.3 Å². The van der Waals surface area contributed by atoms with Crippen LogP contribution in [0.25, 0.3) is 0 Å². The van der Waals surface area contributed by atoms with Gasteiger partial charge in [0.15, 0.2) is 0 Å². The number of benzene rings is 3. The highest BCUT2D eigenvalue weighted by Crippen LogP contribution is 2.49. The standard InChI is InChI=1S/C24H12Br2Cl4N2O4/c1-36-13-7-2-9(8-12(13)26)20-21(24(35)31(20)11-5-3-10(25)4-6-11)32-22(33)14-15(23(32)34)17(28)19(30)18(29)16(14)27/h2-8,20-21H,1H3/t20-,21+/m1/s1. The van der Waals surface area contributed by atoms with Crippen LogP contribution in [0, 0.1) is 0 Å². The summed E-state index contributed by atoms with van der Waals surface area (Å²) in [5.41, 5.74) is 0.909. The molecule has 0 aliphatic carbocycles. The van der Waals surface area contributed by atoms with Gasteiger partial charge in [-0.15, -0.1) is 0 Å². The normalized spacial score (nSPS) is 19.0. The predicted molar refractivity (Wildman–Crippen MR) is 146 cm³/mol. The molecular formula is C24H12Br2Cl4N2O4. The van der Waals surface area contributed by atoms with Crippen molar-refractivity contribution in [2.24, 2.45) is 0 Å². The number of methoxy groups -OCH3 is 1. The summed E-state index contributed by atoms with van der Waals surface area (Å²) in [6.07, 6.45) is 0. The van der Waals surface area contributed by atoms with Crippen molar-refractivity contribution in [3.8, 4) is 5.75 Å². The summed E-state index contributed by atoms with van der Waals surface area (Å²) < 4.78 is 6.80. The molecule has 0 unspecified atom stereocenters. The maximum Gasteiger partial charge on any atom is 0.264 e. The second-order valence-electron chi connectivity index (χ2n) is 7.95. The van der Waals surface area contributed by atoms with Gasteiger partial charge in [0.05, 0.1) is 48.8 Å². The molecule has 5 rings (SSSR count). The van der Waals surface area contributed by atoms with E-state index in [1.807, 2.05) is 0 Å². The third-order valence-electron chi connectivity index (χ3n) is 6.10. The first-order valence-corrected chi connectivity index (χ1v) is 13.3. The molecule has 184 valence electrons. The van der Waals surface area contributed by atoms with Crippen LogP contribution in [0.15, 0.2) is 51.4 Å². The molecule has 36 heavy (non-hydrogen) atoms. The Balaban J connectivity index is 1.64. The fraction of sp³-hybridized carbons (Fsp3) is 0.125. The Labute approximate surface area is 242 Å². The van der Waals surface area contributed by atoms with E-state index in [0.29, 0.717) is 21.5 Å². The van der Waals surface area contributed by atoms with Gasteiger partial charge in [-0.2, -0.15) is 0 Å². The second-order valence-corrected chi connectivity index (χ2v) is 11.2. The van der Waals surface area contributed by atoms with Gasteiger partial charge in [0.25, 0.3) is 17.7 Å². The van der Waals surface area contributed by atoms with Crippen molar-refractivity contribution < 1.29 is 19.1 Å². The monoisotopic (exact) mass is 690 g/mol. The Kier molecular flexibility index (Phi) is 6.81. The van der Waals surface area contributed by atoms with Gasteiger partial charge >= 0.3 is 0 Å². The maximum atomic E-state index is 13.6. The summed E-state index contributed by atoms with van der Waals surface area (Å²) in [4.78, 5) is 43.0. The molecule has 1 saturated heterocycles. The van der Waals surface area contributed by atoms with Crippen LogP contribution in [0.5, 0.6) is 5.75 Å². The Morgan fingerprint density at radius 1 is 0.750 bits per heavy atom. The molecule has 0 radical (unpaired) electrons. The second kappa shape index (κ2) is 9.49. The molecule has 3 amide bonds. The van der Waals surface area contributed by atoms with Gasteiger partial charge in [0, 0.05) is 10.2 Å². The summed E-state index contributed by atoms with van der Waals surface area (Å²) >= 11 is 31.7. The Morgan fingerprint density at radius 3 is 1.81 bits per heavy atom. The van der Waals surface area contributed by atoms with Gasteiger partial charge in [-0.3, -0.25) is 19.3 Å². The Morgan fingerprint density at radius 2 is 1.31 bits per heavy atom. The number of ether oxygens (including phenoxy) is 1. The van der Waals surface area contributed by atoms with Crippen molar-refractivity contribution in [1.82, 2.24) is 4.90 Å². The van der Waals surface area contributed by atoms with Crippen molar-refractivity contribution >= 4 is 102 Å². The fourth-order valence-corrected chi connectivity index (χ4v) is 6.27. The summed E-state index contributed by atoms with van der Waals surface area (Å²) in [5, 5.41) is -0.668. The molecule has 0 saturated carbocycles. The molecule has 2 aliphatic rings. The number of β-lactam (4-membered cyclic amide) rings is 1. The Hall–Kier alpha value is -1.81. The number of nitrogens with zero attached hydrogens (tertiary/aromatic N) is 2. The topological polar surface area (TPSA) is 66.9 Å². The van der Waals surface area contributed by atoms with E-state index in [4.69, 9.17) is 51.1 Å². The van der Waals surface area contributed by atoms with E-state index in [1.54, 1.807) is 42.5 Å². The minimum atomic E-state index is -1.16. The van der Waals surface area contributed by atoms with E-state index in [-0.39, 0.29) is 31.2 Å². The summed E-state index contributed by atoms with van der Waals surface area (Å²) in [5.74, 6) is -1.41. The number of amides is 3. The molecular weight excluding hydrogens is 682 g/mol. The van der Waals surface area contributed by atoms with E-state index < -0.39 is 29.8 Å². The van der Waals surface area contributed by atoms with E-state index in [0.717, 1.165) is 9.37 Å². The molecule has 3 aromatic rings. The van der Waals surface area contributed by atoms with Crippen LogP contribution in [-0.2, 0) is 4.79 Å². The van der Waals surface area contributed by atoms with Crippen LogP contribution in [0.4, 0.5) is 5.69 Å².